The molecule has 0 bridgehead atoms. The van der Waals surface area contributed by atoms with Crippen LogP contribution in [0.3, 0.4) is 0 Å². The normalized spacial score (nSPS) is 12.2. The molecular formula is C17H19FINO. The van der Waals surface area contributed by atoms with E-state index in [1.807, 2.05) is 24.3 Å². The van der Waals surface area contributed by atoms with Crippen LogP contribution in [0.1, 0.15) is 30.5 Å². The molecule has 2 aromatic carbocycles. The van der Waals surface area contributed by atoms with E-state index in [4.69, 9.17) is 4.74 Å². The van der Waals surface area contributed by atoms with Crippen LogP contribution in [0.5, 0.6) is 5.75 Å². The van der Waals surface area contributed by atoms with Crippen LogP contribution in [0.15, 0.2) is 42.5 Å². The van der Waals surface area contributed by atoms with Gasteiger partial charge in [0.2, 0.25) is 0 Å². The number of hydrogen-bond donors (Lipinski definition) is 1. The third kappa shape index (κ3) is 4.17. The topological polar surface area (TPSA) is 21.3 Å². The van der Waals surface area contributed by atoms with Gasteiger partial charge in [-0.1, -0.05) is 25.1 Å². The van der Waals surface area contributed by atoms with Crippen molar-refractivity contribution in [1.82, 2.24) is 5.32 Å². The lowest BCUT2D eigenvalue weighted by atomic mass is 9.98. The van der Waals surface area contributed by atoms with Crippen molar-refractivity contribution in [2.24, 2.45) is 0 Å². The Hall–Kier alpha value is -1.14. The first-order chi connectivity index (χ1) is 10.2. The fraction of sp³-hybridized carbons (Fsp3) is 0.294. The molecule has 0 radical (unpaired) electrons. The first-order valence-corrected chi connectivity index (χ1v) is 8.06. The van der Waals surface area contributed by atoms with Gasteiger partial charge in [0.15, 0.2) is 0 Å². The highest BCUT2D eigenvalue weighted by Gasteiger charge is 2.17. The van der Waals surface area contributed by atoms with Crippen molar-refractivity contribution >= 4 is 22.6 Å². The van der Waals surface area contributed by atoms with Gasteiger partial charge < -0.3 is 10.1 Å². The molecule has 0 fully saturated rings. The van der Waals surface area contributed by atoms with Crippen molar-refractivity contribution in [3.63, 3.8) is 0 Å². The quantitative estimate of drug-likeness (QED) is 0.721. The molecule has 0 aliphatic carbocycles. The second-order valence-electron chi connectivity index (χ2n) is 4.83. The van der Waals surface area contributed by atoms with Gasteiger partial charge in [0.05, 0.1) is 13.2 Å². The molecule has 1 unspecified atom stereocenters. The summed E-state index contributed by atoms with van der Waals surface area (Å²) in [6.07, 6.45) is 1.04. The summed E-state index contributed by atoms with van der Waals surface area (Å²) in [6, 6.07) is 13.0. The predicted molar refractivity (Wildman–Crippen MR) is 92.2 cm³/mol. The van der Waals surface area contributed by atoms with E-state index in [0.29, 0.717) is 0 Å². The number of benzene rings is 2. The zero-order valence-electron chi connectivity index (χ0n) is 12.2. The lowest BCUT2D eigenvalue weighted by Gasteiger charge is -2.21. The Morgan fingerprint density at radius 3 is 2.71 bits per heavy atom. The van der Waals surface area contributed by atoms with Crippen LogP contribution in [0.25, 0.3) is 0 Å². The van der Waals surface area contributed by atoms with Crippen molar-refractivity contribution in [2.45, 2.75) is 19.4 Å². The second kappa shape index (κ2) is 7.75. The molecule has 0 heterocycles. The largest absolute Gasteiger partial charge is 0.497 e. The van der Waals surface area contributed by atoms with Crippen molar-refractivity contribution in [2.75, 3.05) is 13.7 Å². The number of rotatable bonds is 6. The van der Waals surface area contributed by atoms with Crippen LogP contribution in [-0.2, 0) is 0 Å². The van der Waals surface area contributed by atoms with Crippen LogP contribution in [-0.4, -0.2) is 13.7 Å². The summed E-state index contributed by atoms with van der Waals surface area (Å²) in [4.78, 5) is 0. The minimum absolute atomic E-state index is 0.0348. The predicted octanol–water partition coefficient (Wildman–Crippen LogP) is 4.53. The van der Waals surface area contributed by atoms with Gasteiger partial charge >= 0.3 is 0 Å². The van der Waals surface area contributed by atoms with Crippen molar-refractivity contribution < 1.29 is 9.13 Å². The maximum atomic E-state index is 13.3. The van der Waals surface area contributed by atoms with E-state index >= 15 is 0 Å². The first kappa shape index (κ1) is 16.2. The summed E-state index contributed by atoms with van der Waals surface area (Å²) in [5.74, 6) is 0.621. The molecule has 4 heteroatoms. The number of methoxy groups -OCH3 is 1. The molecular weight excluding hydrogens is 380 g/mol. The van der Waals surface area contributed by atoms with E-state index in [-0.39, 0.29) is 11.9 Å². The molecule has 21 heavy (non-hydrogen) atoms. The van der Waals surface area contributed by atoms with E-state index in [0.717, 1.165) is 33.4 Å². The summed E-state index contributed by atoms with van der Waals surface area (Å²) in [5, 5.41) is 3.53. The standard InChI is InChI=1S/C17H19FINO/c1-3-9-20-17(12-5-4-6-14(10-12)21-2)15-8-7-13(18)11-16(15)19/h4-8,10-11,17,20H,3,9H2,1-2H3. The van der Waals surface area contributed by atoms with Gasteiger partial charge in [-0.25, -0.2) is 4.39 Å². The fourth-order valence-electron chi connectivity index (χ4n) is 2.25. The van der Waals surface area contributed by atoms with Crippen LogP contribution >= 0.6 is 22.6 Å². The fourth-order valence-corrected chi connectivity index (χ4v) is 3.04. The third-order valence-corrected chi connectivity index (χ3v) is 4.23. The molecule has 0 amide bonds. The van der Waals surface area contributed by atoms with E-state index in [1.54, 1.807) is 13.2 Å². The molecule has 2 nitrogen and oxygen atoms in total. The second-order valence-corrected chi connectivity index (χ2v) is 5.99. The van der Waals surface area contributed by atoms with Crippen LogP contribution in [0.4, 0.5) is 4.39 Å². The van der Waals surface area contributed by atoms with E-state index in [1.165, 1.54) is 6.07 Å². The monoisotopic (exact) mass is 399 g/mol. The Balaban J connectivity index is 2.41. The molecule has 2 aromatic rings. The molecule has 0 aromatic heterocycles. The average molecular weight is 399 g/mol. The lowest BCUT2D eigenvalue weighted by molar-refractivity contribution is 0.413. The van der Waals surface area contributed by atoms with Gasteiger partial charge in [-0.3, -0.25) is 0 Å². The summed E-state index contributed by atoms with van der Waals surface area (Å²) in [6.45, 7) is 3.03. The van der Waals surface area contributed by atoms with Gasteiger partial charge in [0.25, 0.3) is 0 Å². The van der Waals surface area contributed by atoms with E-state index in [2.05, 4.69) is 40.9 Å². The smallest absolute Gasteiger partial charge is 0.124 e. The highest BCUT2D eigenvalue weighted by Crippen LogP contribution is 2.29. The maximum absolute atomic E-state index is 13.3. The van der Waals surface area contributed by atoms with E-state index in [9.17, 15) is 4.39 Å². The maximum Gasteiger partial charge on any atom is 0.124 e. The molecule has 112 valence electrons. The molecule has 0 aliphatic rings. The molecule has 1 N–H and O–H groups in total. The zero-order valence-corrected chi connectivity index (χ0v) is 14.4. The minimum Gasteiger partial charge on any atom is -0.497 e. The Bertz CT molecular complexity index is 603. The van der Waals surface area contributed by atoms with Crippen LogP contribution < -0.4 is 10.1 Å². The van der Waals surface area contributed by atoms with Crippen LogP contribution in [0.2, 0.25) is 0 Å². The van der Waals surface area contributed by atoms with Crippen molar-refractivity contribution in [3.8, 4) is 5.75 Å². The molecule has 2 rings (SSSR count). The third-order valence-electron chi connectivity index (χ3n) is 3.30. The summed E-state index contributed by atoms with van der Waals surface area (Å²) in [7, 11) is 1.66. The van der Waals surface area contributed by atoms with Crippen molar-refractivity contribution in [1.29, 1.82) is 0 Å². The molecule has 0 saturated carbocycles. The van der Waals surface area contributed by atoms with Gasteiger partial charge in [-0.2, -0.15) is 0 Å². The Morgan fingerprint density at radius 1 is 1.24 bits per heavy atom. The zero-order chi connectivity index (χ0) is 15.2. The number of halogens is 2. The highest BCUT2D eigenvalue weighted by molar-refractivity contribution is 14.1. The molecule has 0 saturated heterocycles. The van der Waals surface area contributed by atoms with Crippen LogP contribution in [0, 0.1) is 9.39 Å². The van der Waals surface area contributed by atoms with Gasteiger partial charge in [0.1, 0.15) is 11.6 Å². The average Bonchev–Trinajstić information content (AvgIpc) is 2.49. The Labute approximate surface area is 138 Å². The lowest BCUT2D eigenvalue weighted by Crippen LogP contribution is -2.24. The summed E-state index contributed by atoms with van der Waals surface area (Å²) in [5.41, 5.74) is 2.20. The highest BCUT2D eigenvalue weighted by atomic mass is 127. The molecule has 0 spiro atoms. The van der Waals surface area contributed by atoms with Gasteiger partial charge in [-0.05, 0) is 70.9 Å². The molecule has 1 atom stereocenters. The Morgan fingerprint density at radius 2 is 2.05 bits per heavy atom. The van der Waals surface area contributed by atoms with E-state index < -0.39 is 0 Å². The number of hydrogen-bond acceptors (Lipinski definition) is 2. The SMILES string of the molecule is CCCNC(c1cccc(OC)c1)c1ccc(F)cc1I. The Kier molecular flexibility index (Phi) is 5.99. The van der Waals surface area contributed by atoms with Gasteiger partial charge in [-0.15, -0.1) is 0 Å². The minimum atomic E-state index is -0.206. The van der Waals surface area contributed by atoms with Gasteiger partial charge in [0, 0.05) is 3.57 Å². The summed E-state index contributed by atoms with van der Waals surface area (Å²) < 4.78 is 19.6. The first-order valence-electron chi connectivity index (χ1n) is 6.98. The number of ether oxygens (including phenoxy) is 1. The number of nitrogens with one attached hydrogen (secondary N) is 1. The van der Waals surface area contributed by atoms with Crippen molar-refractivity contribution in [3.05, 3.63) is 63.0 Å². The summed E-state index contributed by atoms with van der Waals surface area (Å²) >= 11 is 2.19. The molecule has 0 aliphatic heterocycles.